The van der Waals surface area contributed by atoms with E-state index in [1.807, 2.05) is 33.2 Å². The van der Waals surface area contributed by atoms with Crippen molar-refractivity contribution in [1.29, 1.82) is 0 Å². The summed E-state index contributed by atoms with van der Waals surface area (Å²) in [5.74, 6) is 0.430. The average Bonchev–Trinajstić information content (AvgIpc) is 3.70. The lowest BCUT2D eigenvalue weighted by molar-refractivity contribution is -0.119. The molecule has 260 valence electrons. The molecule has 1 atom stereocenters. The maximum atomic E-state index is 13.5. The highest BCUT2D eigenvalue weighted by atomic mass is 16.4. The number of nitrogens with zero attached hydrogens (tertiary/aromatic N) is 2. The Morgan fingerprint density at radius 3 is 2.25 bits per heavy atom. The van der Waals surface area contributed by atoms with Gasteiger partial charge in [-0.15, -0.1) is 0 Å². The number of anilines is 1. The average molecular weight is 654 g/mol. The van der Waals surface area contributed by atoms with Crippen molar-refractivity contribution >= 4 is 33.9 Å². The number of benzene rings is 2. The summed E-state index contributed by atoms with van der Waals surface area (Å²) >= 11 is 0. The van der Waals surface area contributed by atoms with Gasteiger partial charge in [-0.1, -0.05) is 63.6 Å². The van der Waals surface area contributed by atoms with Crippen LogP contribution in [-0.4, -0.2) is 36.1 Å². The van der Waals surface area contributed by atoms with Gasteiger partial charge in [-0.05, 0) is 113 Å². The van der Waals surface area contributed by atoms with Crippen LogP contribution in [0.25, 0.3) is 10.9 Å². The van der Waals surface area contributed by atoms with Gasteiger partial charge in [0, 0.05) is 56.0 Å². The van der Waals surface area contributed by atoms with Crippen LogP contribution in [0, 0.1) is 12.8 Å². The van der Waals surface area contributed by atoms with Gasteiger partial charge in [0.15, 0.2) is 11.6 Å². The van der Waals surface area contributed by atoms with Crippen LogP contribution in [0.2, 0.25) is 0 Å². The van der Waals surface area contributed by atoms with Gasteiger partial charge in [0.1, 0.15) is 5.82 Å². The molecule has 2 aromatic carbocycles. The van der Waals surface area contributed by atoms with Gasteiger partial charge >= 0.3 is 0 Å². The Bertz CT molecular complexity index is 1650. The summed E-state index contributed by atoms with van der Waals surface area (Å²) in [6.45, 7) is 16.0. The normalized spacial score (nSPS) is 14.3. The summed E-state index contributed by atoms with van der Waals surface area (Å²) in [4.78, 5) is 31.2. The second kappa shape index (κ2) is 20.4. The van der Waals surface area contributed by atoms with Gasteiger partial charge in [-0.25, -0.2) is 4.99 Å². The number of allylic oxidation sites excluding steroid dienone is 5. The summed E-state index contributed by atoms with van der Waals surface area (Å²) in [6.07, 6.45) is 12.2. The SMILES string of the molecule is C/C=C(/C(=O)CCC)C(=O)C(=C/C)/C(=N\C(Nc1ccc2c(ccn2C)c1)=C(/C)CC)C(C)CC.COC.Cc1ccc2c(c1)CCC2. The number of rotatable bonds is 12. The van der Waals surface area contributed by atoms with E-state index in [9.17, 15) is 9.59 Å². The summed E-state index contributed by atoms with van der Waals surface area (Å²) in [6, 6.07) is 15.2. The van der Waals surface area contributed by atoms with Gasteiger partial charge in [0.25, 0.3) is 0 Å². The van der Waals surface area contributed by atoms with Crippen LogP contribution in [0.1, 0.15) is 97.3 Å². The number of ketones is 2. The number of carbonyl (C=O) groups excluding carboxylic acids is 2. The molecule has 1 aliphatic carbocycles. The lowest BCUT2D eigenvalue weighted by atomic mass is 9.88. The van der Waals surface area contributed by atoms with Crippen molar-refractivity contribution in [3.63, 3.8) is 0 Å². The fraction of sp³-hybridized carbons (Fsp3) is 0.452. The topological polar surface area (TPSA) is 72.7 Å². The lowest BCUT2D eigenvalue weighted by Gasteiger charge is -2.19. The van der Waals surface area contributed by atoms with E-state index in [2.05, 4.69) is 85.6 Å². The third kappa shape index (κ3) is 11.0. The van der Waals surface area contributed by atoms with Crippen LogP contribution in [0.15, 0.2) is 88.3 Å². The van der Waals surface area contributed by atoms with Crippen LogP contribution in [-0.2, 0) is 34.2 Å². The fourth-order valence-corrected chi connectivity index (χ4v) is 5.66. The van der Waals surface area contributed by atoms with E-state index in [4.69, 9.17) is 4.99 Å². The number of aromatic nitrogens is 1. The monoisotopic (exact) mass is 653 g/mol. The summed E-state index contributed by atoms with van der Waals surface area (Å²) < 4.78 is 6.34. The Morgan fingerprint density at radius 2 is 1.65 bits per heavy atom. The predicted molar refractivity (Wildman–Crippen MR) is 205 cm³/mol. The molecular weight excluding hydrogens is 594 g/mol. The molecule has 4 rings (SSSR count). The molecular formula is C42H59N3O3. The standard InChI is InChI=1S/C30H41N3O2.C10H12.C2H6O/c1-9-14-27(34)24(12-4)29(35)25(13-5)28(20(6)10-2)32-30(21(7)11-3)31-23-15-16-26-22(19-23)17-18-33(26)8;1-8-5-6-9-3-2-4-10(9)7-8;1-3-2/h12-13,15-20,31H,9-11,14H2,1-8H3;5-7H,2-4H2,1H3;1-2H3/b24-12-,25-13+,30-21+,32-28-;;. The van der Waals surface area contributed by atoms with Crippen molar-refractivity contribution in [1.82, 2.24) is 4.57 Å². The van der Waals surface area contributed by atoms with Gasteiger partial charge in [-0.3, -0.25) is 9.59 Å². The van der Waals surface area contributed by atoms with Gasteiger partial charge in [0.05, 0.1) is 11.3 Å². The molecule has 6 nitrogen and oxygen atoms in total. The van der Waals surface area contributed by atoms with E-state index in [0.29, 0.717) is 24.1 Å². The largest absolute Gasteiger partial charge is 0.388 e. The first kappa shape index (κ1) is 40.1. The molecule has 1 aliphatic rings. The minimum atomic E-state index is -0.244. The van der Waals surface area contributed by atoms with Crippen LogP contribution >= 0.6 is 0 Å². The van der Waals surface area contributed by atoms with Crippen molar-refractivity contribution in [3.05, 3.63) is 100 Å². The molecule has 0 amide bonds. The number of aliphatic imine (C=N–C) groups is 1. The number of fused-ring (bicyclic) bond motifs is 2. The molecule has 48 heavy (non-hydrogen) atoms. The number of hydrogen-bond donors (Lipinski definition) is 1. The maximum Gasteiger partial charge on any atom is 0.197 e. The zero-order chi connectivity index (χ0) is 35.8. The van der Waals surface area contributed by atoms with Crippen LogP contribution < -0.4 is 5.32 Å². The molecule has 0 aliphatic heterocycles. The molecule has 1 N–H and O–H groups in total. The van der Waals surface area contributed by atoms with Crippen LogP contribution in [0.5, 0.6) is 0 Å². The number of nitrogens with one attached hydrogen (secondary N) is 1. The summed E-state index contributed by atoms with van der Waals surface area (Å²) in [5.41, 5.74) is 9.21. The number of hydrogen-bond acceptors (Lipinski definition) is 5. The molecule has 6 heteroatoms. The van der Waals surface area contributed by atoms with E-state index in [1.165, 1.54) is 24.8 Å². The Labute approximate surface area is 290 Å². The highest BCUT2D eigenvalue weighted by molar-refractivity contribution is 6.36. The van der Waals surface area contributed by atoms with Gasteiger partial charge < -0.3 is 14.6 Å². The first-order valence-electron chi connectivity index (χ1n) is 17.5. The second-order valence-corrected chi connectivity index (χ2v) is 12.6. The number of methoxy groups -OCH3 is 1. The highest BCUT2D eigenvalue weighted by Gasteiger charge is 2.26. The van der Waals surface area contributed by atoms with Gasteiger partial charge in [0.2, 0.25) is 0 Å². The third-order valence-corrected chi connectivity index (χ3v) is 8.77. The van der Waals surface area contributed by atoms with E-state index >= 15 is 0 Å². The van der Waals surface area contributed by atoms with E-state index in [1.54, 1.807) is 44.4 Å². The van der Waals surface area contributed by atoms with Crippen molar-refractivity contribution in [3.8, 4) is 0 Å². The zero-order valence-electron chi connectivity index (χ0n) is 31.4. The Kier molecular flexibility index (Phi) is 17.0. The molecule has 0 spiro atoms. The van der Waals surface area contributed by atoms with Gasteiger partial charge in [-0.2, -0.15) is 0 Å². The van der Waals surface area contributed by atoms with E-state index < -0.39 is 0 Å². The first-order chi connectivity index (χ1) is 23.0. The molecule has 0 fully saturated rings. The molecule has 0 saturated carbocycles. The molecule has 1 aromatic heterocycles. The molecule has 0 saturated heterocycles. The van der Waals surface area contributed by atoms with E-state index in [-0.39, 0.29) is 23.1 Å². The summed E-state index contributed by atoms with van der Waals surface area (Å²) in [5, 5.41) is 4.65. The smallest absolute Gasteiger partial charge is 0.197 e. The molecule has 3 aromatic rings. The van der Waals surface area contributed by atoms with E-state index in [0.717, 1.165) is 40.8 Å². The Balaban J connectivity index is 0.000000507. The van der Waals surface area contributed by atoms with Crippen LogP contribution in [0.3, 0.4) is 0 Å². The minimum absolute atomic E-state index is 0.0441. The third-order valence-electron chi connectivity index (χ3n) is 8.77. The maximum absolute atomic E-state index is 13.5. The second-order valence-electron chi connectivity index (χ2n) is 12.6. The predicted octanol–water partition coefficient (Wildman–Crippen LogP) is 10.3. The molecule has 1 unspecified atom stereocenters. The number of ether oxygens (including phenoxy) is 1. The Morgan fingerprint density at radius 1 is 0.979 bits per heavy atom. The minimum Gasteiger partial charge on any atom is -0.388 e. The highest BCUT2D eigenvalue weighted by Crippen LogP contribution is 2.26. The zero-order valence-corrected chi connectivity index (χ0v) is 31.4. The molecule has 0 radical (unpaired) electrons. The fourth-order valence-electron chi connectivity index (χ4n) is 5.66. The quantitative estimate of drug-likeness (QED) is 0.0914. The molecule has 1 heterocycles. The number of Topliss-reactive ketones (excluding diaryl/α,β-unsaturated/α-hetero) is 2. The number of aryl methyl sites for hydroxylation is 4. The lowest BCUT2D eigenvalue weighted by Crippen LogP contribution is -2.24. The summed E-state index contributed by atoms with van der Waals surface area (Å²) in [7, 11) is 5.28. The van der Waals surface area contributed by atoms with Crippen molar-refractivity contribution in [2.24, 2.45) is 18.0 Å². The van der Waals surface area contributed by atoms with Crippen LogP contribution in [0.4, 0.5) is 5.69 Å². The number of carbonyl (C=O) groups is 2. The van der Waals surface area contributed by atoms with Crippen molar-refractivity contribution in [2.75, 3.05) is 19.5 Å². The first-order valence-corrected chi connectivity index (χ1v) is 17.5. The van der Waals surface area contributed by atoms with Crippen molar-refractivity contribution in [2.45, 2.75) is 100 Å². The van der Waals surface area contributed by atoms with Crippen molar-refractivity contribution < 1.29 is 14.3 Å². The Hall–Kier alpha value is -4.03. The molecule has 0 bridgehead atoms.